The van der Waals surface area contributed by atoms with E-state index in [1.54, 1.807) is 4.90 Å². The number of halogens is 1. The van der Waals surface area contributed by atoms with Gasteiger partial charge in [0, 0.05) is 42.8 Å². The molecule has 0 bridgehead atoms. The molecule has 1 aromatic heterocycles. The van der Waals surface area contributed by atoms with Crippen LogP contribution in [0, 0.1) is 6.57 Å². The van der Waals surface area contributed by atoms with E-state index in [4.69, 9.17) is 37.6 Å². The minimum Gasteiger partial charge on any atom is -0.461 e. The Balaban J connectivity index is 1.32. The topological polar surface area (TPSA) is 75.4 Å². The maximum Gasteiger partial charge on any atom is 0.318 e. The van der Waals surface area contributed by atoms with Gasteiger partial charge in [0.15, 0.2) is 0 Å². The van der Waals surface area contributed by atoms with Gasteiger partial charge in [0.2, 0.25) is 12.5 Å². The van der Waals surface area contributed by atoms with Crippen molar-refractivity contribution >= 4 is 39.8 Å². The third-order valence-electron chi connectivity index (χ3n) is 8.13. The van der Waals surface area contributed by atoms with Crippen molar-refractivity contribution < 1.29 is 14.3 Å². The second-order valence-corrected chi connectivity index (χ2v) is 11.6. The molecular formula is C32H35ClN6O3. The minimum absolute atomic E-state index is 0.0635. The van der Waals surface area contributed by atoms with E-state index in [1.165, 1.54) is 6.08 Å². The maximum atomic E-state index is 12.5. The van der Waals surface area contributed by atoms with Gasteiger partial charge in [-0.2, -0.15) is 9.97 Å². The molecule has 2 fully saturated rings. The smallest absolute Gasteiger partial charge is 0.318 e. The number of ether oxygens (including phenoxy) is 2. The monoisotopic (exact) mass is 586 g/mol. The number of anilines is 2. The molecule has 0 N–H and O–H groups in total. The van der Waals surface area contributed by atoms with Gasteiger partial charge in [-0.15, -0.1) is 0 Å². The molecule has 2 aromatic carbocycles. The summed E-state index contributed by atoms with van der Waals surface area (Å²) in [6, 6.07) is 12.3. The number of piperazine rings is 1. The Morgan fingerprint density at radius 1 is 1.19 bits per heavy atom. The molecular weight excluding hydrogens is 552 g/mol. The summed E-state index contributed by atoms with van der Waals surface area (Å²) < 4.78 is 12.1. The lowest BCUT2D eigenvalue weighted by Gasteiger charge is -2.41. The summed E-state index contributed by atoms with van der Waals surface area (Å²) in [5, 5.41) is 2.86. The highest BCUT2D eigenvalue weighted by Gasteiger charge is 2.35. The van der Waals surface area contributed by atoms with Crippen molar-refractivity contribution in [3.05, 3.63) is 76.8 Å². The lowest BCUT2D eigenvalue weighted by atomic mass is 10.0. The van der Waals surface area contributed by atoms with Crippen molar-refractivity contribution in [2.75, 3.05) is 49.1 Å². The molecule has 3 aromatic rings. The highest BCUT2D eigenvalue weighted by atomic mass is 35.5. The zero-order valence-electron chi connectivity index (χ0n) is 23.8. The molecule has 3 heterocycles. The summed E-state index contributed by atoms with van der Waals surface area (Å²) in [5.74, 6) is 0.674. The maximum absolute atomic E-state index is 12.5. The average molecular weight is 587 g/mol. The van der Waals surface area contributed by atoms with Gasteiger partial charge in [0.05, 0.1) is 29.5 Å². The minimum atomic E-state index is -0.249. The first-order chi connectivity index (χ1) is 20.4. The molecule has 2 aliphatic heterocycles. The predicted octanol–water partition coefficient (Wildman–Crippen LogP) is 4.91. The van der Waals surface area contributed by atoms with Crippen LogP contribution in [0.25, 0.3) is 15.6 Å². The van der Waals surface area contributed by atoms with Crippen molar-refractivity contribution in [2.24, 2.45) is 0 Å². The fourth-order valence-electron chi connectivity index (χ4n) is 5.94. The Morgan fingerprint density at radius 2 is 2.00 bits per heavy atom. The molecule has 6 rings (SSSR count). The largest absolute Gasteiger partial charge is 0.461 e. The van der Waals surface area contributed by atoms with Crippen LogP contribution in [0.2, 0.25) is 5.02 Å². The number of carbonyl (C=O) groups is 1. The van der Waals surface area contributed by atoms with Crippen LogP contribution >= 0.6 is 11.6 Å². The Bertz CT molecular complexity index is 1530. The third-order valence-corrected chi connectivity index (χ3v) is 8.45. The van der Waals surface area contributed by atoms with E-state index in [2.05, 4.69) is 45.5 Å². The highest BCUT2D eigenvalue weighted by Crippen LogP contribution is 2.37. The third kappa shape index (κ3) is 5.87. The summed E-state index contributed by atoms with van der Waals surface area (Å²) in [4.78, 5) is 32.2. The van der Waals surface area contributed by atoms with Crippen molar-refractivity contribution in [1.82, 2.24) is 14.9 Å². The van der Waals surface area contributed by atoms with Crippen LogP contribution < -0.4 is 14.5 Å². The van der Waals surface area contributed by atoms with E-state index in [0.29, 0.717) is 44.9 Å². The van der Waals surface area contributed by atoms with Gasteiger partial charge in [-0.1, -0.05) is 42.4 Å². The van der Waals surface area contributed by atoms with E-state index in [0.717, 1.165) is 64.4 Å². The number of hydrogen-bond donors (Lipinski definition) is 0. The number of hydrogen-bond acceptors (Lipinski definition) is 7. The number of fused-ring (bicyclic) bond motifs is 2. The Kier molecular flexibility index (Phi) is 8.18. The SMILES string of the molecule is [C-]#[N+]C[C@H]1CN(c2nc(OC[C@@H](C)OC3CC3)nc3c2CCN(c2cccc4cccc(Cl)c24)C3)CCN1C(=O)C=C. The summed E-state index contributed by atoms with van der Waals surface area (Å²) in [7, 11) is 0. The summed E-state index contributed by atoms with van der Waals surface area (Å²) in [6.45, 7) is 16.7. The molecule has 0 unspecified atom stereocenters. The van der Waals surface area contributed by atoms with Gasteiger partial charge in [-0.05, 0) is 49.8 Å². The number of nitrogens with zero attached hydrogens (tertiary/aromatic N) is 6. The lowest BCUT2D eigenvalue weighted by Crippen LogP contribution is -2.56. The second kappa shape index (κ2) is 12.2. The number of benzene rings is 2. The van der Waals surface area contributed by atoms with Crippen molar-refractivity contribution in [1.29, 1.82) is 0 Å². The van der Waals surface area contributed by atoms with Gasteiger partial charge in [0.1, 0.15) is 18.5 Å². The highest BCUT2D eigenvalue weighted by molar-refractivity contribution is 6.36. The molecule has 3 aliphatic rings. The Labute approximate surface area is 251 Å². The molecule has 42 heavy (non-hydrogen) atoms. The molecule has 218 valence electrons. The lowest BCUT2D eigenvalue weighted by molar-refractivity contribution is -0.128. The first kappa shape index (κ1) is 28.3. The zero-order valence-corrected chi connectivity index (χ0v) is 24.6. The number of aromatic nitrogens is 2. The van der Waals surface area contributed by atoms with E-state index in [9.17, 15) is 4.79 Å². The average Bonchev–Trinajstić information content (AvgIpc) is 3.83. The van der Waals surface area contributed by atoms with Gasteiger partial charge in [0.25, 0.3) is 0 Å². The van der Waals surface area contributed by atoms with Gasteiger partial charge < -0.3 is 29.0 Å². The van der Waals surface area contributed by atoms with Crippen LogP contribution in [-0.2, 0) is 22.5 Å². The number of rotatable bonds is 9. The summed E-state index contributed by atoms with van der Waals surface area (Å²) >= 11 is 6.68. The summed E-state index contributed by atoms with van der Waals surface area (Å²) in [5.41, 5.74) is 3.07. The molecule has 1 aliphatic carbocycles. The quantitative estimate of drug-likeness (QED) is 0.260. The number of carbonyl (C=O) groups excluding carboxylic acids is 1. The van der Waals surface area contributed by atoms with E-state index in [-0.39, 0.29) is 24.6 Å². The van der Waals surface area contributed by atoms with Gasteiger partial charge >= 0.3 is 6.01 Å². The predicted molar refractivity (Wildman–Crippen MR) is 164 cm³/mol. The van der Waals surface area contributed by atoms with Crippen LogP contribution in [0.5, 0.6) is 6.01 Å². The van der Waals surface area contributed by atoms with Crippen LogP contribution in [0.1, 0.15) is 31.0 Å². The van der Waals surface area contributed by atoms with Gasteiger partial charge in [-0.3, -0.25) is 4.79 Å². The molecule has 1 saturated carbocycles. The van der Waals surface area contributed by atoms with Gasteiger partial charge in [-0.25, -0.2) is 6.57 Å². The zero-order chi connectivity index (χ0) is 29.2. The first-order valence-corrected chi connectivity index (χ1v) is 14.9. The molecule has 9 nitrogen and oxygen atoms in total. The number of amides is 1. The normalized spacial score (nSPS) is 19.3. The fourth-order valence-corrected chi connectivity index (χ4v) is 6.22. The van der Waals surface area contributed by atoms with Crippen molar-refractivity contribution in [2.45, 2.75) is 51.0 Å². The summed E-state index contributed by atoms with van der Waals surface area (Å²) in [6.07, 6.45) is 4.54. The second-order valence-electron chi connectivity index (χ2n) is 11.2. The molecule has 0 radical (unpaired) electrons. The molecule has 1 saturated heterocycles. The van der Waals surface area contributed by atoms with Crippen LogP contribution in [-0.4, -0.2) is 78.4 Å². The van der Waals surface area contributed by atoms with E-state index in [1.807, 2.05) is 19.1 Å². The fraction of sp³-hybridized carbons (Fsp3) is 0.438. The van der Waals surface area contributed by atoms with Crippen LogP contribution in [0.3, 0.4) is 0 Å². The van der Waals surface area contributed by atoms with E-state index < -0.39 is 0 Å². The van der Waals surface area contributed by atoms with Crippen LogP contribution in [0.4, 0.5) is 11.5 Å². The molecule has 10 heteroatoms. The molecule has 1 amide bonds. The molecule has 0 spiro atoms. The van der Waals surface area contributed by atoms with E-state index >= 15 is 0 Å². The standard InChI is InChI=1S/C32H35ClN6O3/c1-4-29(40)39-16-15-38(18-23(39)17-34-3)31-25-13-14-37(28-10-6-8-22-7-5-9-26(33)30(22)28)19-27(25)35-32(36-31)41-20-21(2)42-24-11-12-24/h4-10,21,23-24H,1,11-20H2,2H3/t21-,23+/m1/s1. The Hall–Kier alpha value is -3.87. The van der Waals surface area contributed by atoms with Crippen molar-refractivity contribution in [3.63, 3.8) is 0 Å². The van der Waals surface area contributed by atoms with Crippen LogP contribution in [0.15, 0.2) is 49.1 Å². The first-order valence-electron chi connectivity index (χ1n) is 14.6. The van der Waals surface area contributed by atoms with Crippen molar-refractivity contribution in [3.8, 4) is 6.01 Å². The Morgan fingerprint density at radius 3 is 2.76 bits per heavy atom. The molecule has 2 atom stereocenters.